The summed E-state index contributed by atoms with van der Waals surface area (Å²) in [5, 5.41) is 0. The van der Waals surface area contributed by atoms with Crippen LogP contribution in [-0.4, -0.2) is 25.3 Å². The maximum atomic E-state index is 12.3. The summed E-state index contributed by atoms with van der Waals surface area (Å²) in [7, 11) is 1.64. The topological polar surface area (TPSA) is 78.9 Å². The van der Waals surface area contributed by atoms with Gasteiger partial charge in [0.1, 0.15) is 23.5 Å². The van der Waals surface area contributed by atoms with Gasteiger partial charge in [0.2, 0.25) is 0 Å². The number of methoxy groups -OCH3 is 1. The van der Waals surface area contributed by atoms with Crippen molar-refractivity contribution in [3.63, 3.8) is 0 Å². The molecule has 0 spiro atoms. The molecule has 0 aromatic heterocycles. The third kappa shape index (κ3) is 14.9. The van der Waals surface area contributed by atoms with E-state index in [1.54, 1.807) is 7.11 Å². The second-order valence-corrected chi connectivity index (χ2v) is 13.7. The summed E-state index contributed by atoms with van der Waals surface area (Å²) in [5.74, 6) is 1.21. The molecule has 3 rings (SSSR count). The highest BCUT2D eigenvalue weighted by molar-refractivity contribution is 5.78. The number of carbonyl (C=O) groups excluding carboxylic acids is 3. The predicted molar refractivity (Wildman–Crippen MR) is 201 cm³/mol. The molecule has 0 aliphatic heterocycles. The van der Waals surface area contributed by atoms with Gasteiger partial charge in [-0.15, -0.1) is 0 Å². The van der Waals surface area contributed by atoms with Gasteiger partial charge in [0.05, 0.1) is 17.9 Å². The Kier molecular flexibility index (Phi) is 20.3. The SMILES string of the molecule is CC.CC.CC.CC(C)(C)C=O.COc1ccc(C(C)(c2ccc(OC(=O)C(C)(C)C)cc2)c2ccc(OC(=O)C(C)(C)C)cc2)cc1. The molecule has 0 saturated carbocycles. The summed E-state index contributed by atoms with van der Waals surface area (Å²) in [6.45, 7) is 30.7. The molecule has 0 saturated heterocycles. The van der Waals surface area contributed by atoms with Crippen LogP contribution in [-0.2, 0) is 19.8 Å². The first-order valence-corrected chi connectivity index (χ1v) is 17.1. The Morgan fingerprint density at radius 3 is 0.896 bits per heavy atom. The summed E-state index contributed by atoms with van der Waals surface area (Å²) in [4.78, 5) is 34.5. The third-order valence-electron chi connectivity index (χ3n) is 6.53. The fourth-order valence-electron chi connectivity index (χ4n) is 3.66. The smallest absolute Gasteiger partial charge is 0.316 e. The average molecular weight is 665 g/mol. The Labute approximate surface area is 292 Å². The van der Waals surface area contributed by atoms with Crippen molar-refractivity contribution in [2.45, 2.75) is 116 Å². The van der Waals surface area contributed by atoms with Crippen LogP contribution in [0.2, 0.25) is 0 Å². The van der Waals surface area contributed by atoms with Crippen LogP contribution in [0.15, 0.2) is 72.8 Å². The van der Waals surface area contributed by atoms with Gasteiger partial charge in [0, 0.05) is 10.8 Å². The van der Waals surface area contributed by atoms with Crippen LogP contribution in [0.1, 0.15) is 127 Å². The summed E-state index contributed by atoms with van der Waals surface area (Å²) >= 11 is 0. The van der Waals surface area contributed by atoms with Crippen molar-refractivity contribution in [1.29, 1.82) is 0 Å². The molecule has 0 N–H and O–H groups in total. The number of hydrogen-bond donors (Lipinski definition) is 0. The number of hydrogen-bond acceptors (Lipinski definition) is 6. The number of carbonyl (C=O) groups is 3. The minimum Gasteiger partial charge on any atom is -0.497 e. The zero-order chi connectivity index (χ0) is 37.9. The molecular formula is C42H64O6. The van der Waals surface area contributed by atoms with Gasteiger partial charge in [-0.1, -0.05) is 98.7 Å². The highest BCUT2D eigenvalue weighted by Gasteiger charge is 2.32. The second kappa shape index (κ2) is 21.1. The van der Waals surface area contributed by atoms with Crippen molar-refractivity contribution < 1.29 is 28.6 Å². The van der Waals surface area contributed by atoms with Crippen molar-refractivity contribution in [2.24, 2.45) is 16.2 Å². The van der Waals surface area contributed by atoms with Gasteiger partial charge in [0.15, 0.2) is 0 Å². The molecule has 6 heteroatoms. The van der Waals surface area contributed by atoms with Crippen LogP contribution < -0.4 is 14.2 Å². The van der Waals surface area contributed by atoms with Gasteiger partial charge in [-0.2, -0.15) is 0 Å². The Hall–Kier alpha value is -3.93. The lowest BCUT2D eigenvalue weighted by atomic mass is 9.71. The number of esters is 2. The molecule has 6 nitrogen and oxygen atoms in total. The Balaban J connectivity index is 0. The van der Waals surface area contributed by atoms with Gasteiger partial charge in [-0.25, -0.2) is 0 Å². The summed E-state index contributed by atoms with van der Waals surface area (Å²) in [5.41, 5.74) is 1.24. The zero-order valence-corrected chi connectivity index (χ0v) is 33.0. The predicted octanol–water partition coefficient (Wildman–Crippen LogP) is 11.3. The lowest BCUT2D eigenvalue weighted by Gasteiger charge is -2.32. The molecule has 0 radical (unpaired) electrons. The molecule has 0 atom stereocenters. The van der Waals surface area contributed by atoms with Crippen LogP contribution in [0.25, 0.3) is 0 Å². The first kappa shape index (κ1) is 46.2. The van der Waals surface area contributed by atoms with E-state index < -0.39 is 16.2 Å². The van der Waals surface area contributed by atoms with Gasteiger partial charge in [-0.3, -0.25) is 9.59 Å². The van der Waals surface area contributed by atoms with E-state index in [1.165, 1.54) is 0 Å². The first-order valence-electron chi connectivity index (χ1n) is 17.1. The molecule has 0 unspecified atom stereocenters. The van der Waals surface area contributed by atoms with Crippen molar-refractivity contribution in [2.75, 3.05) is 7.11 Å². The van der Waals surface area contributed by atoms with Crippen molar-refractivity contribution in [1.82, 2.24) is 0 Å². The zero-order valence-electron chi connectivity index (χ0n) is 33.0. The van der Waals surface area contributed by atoms with Crippen LogP contribution in [0, 0.1) is 16.2 Å². The largest absolute Gasteiger partial charge is 0.497 e. The quantitative estimate of drug-likeness (QED) is 0.113. The minimum atomic E-state index is -0.589. The highest BCUT2D eigenvalue weighted by Crippen LogP contribution is 2.40. The molecule has 268 valence electrons. The lowest BCUT2D eigenvalue weighted by Crippen LogP contribution is -2.27. The molecular weight excluding hydrogens is 600 g/mol. The standard InChI is InChI=1S/C31H36O5.C5H10O.3C2H6/c1-29(2,3)27(32)35-25-17-11-22(12-18-25)31(7,21-9-15-24(34-8)16-10-21)23-13-19-26(20-14-23)36-28(33)30(4,5)6;1-5(2,3)4-6;3*1-2/h9-20H,1-8H3;4H,1-3H3;3*1-2H3. The lowest BCUT2D eigenvalue weighted by molar-refractivity contribution is -0.143. The van der Waals surface area contributed by atoms with E-state index in [0.717, 1.165) is 28.7 Å². The maximum absolute atomic E-state index is 12.3. The molecule has 48 heavy (non-hydrogen) atoms. The van der Waals surface area contributed by atoms with Gasteiger partial charge >= 0.3 is 11.9 Å². The summed E-state index contributed by atoms with van der Waals surface area (Å²) in [6, 6.07) is 23.1. The average Bonchev–Trinajstić information content (AvgIpc) is 3.07. The molecule has 0 heterocycles. The molecule has 0 aliphatic rings. The highest BCUT2D eigenvalue weighted by atomic mass is 16.5. The Morgan fingerprint density at radius 1 is 0.479 bits per heavy atom. The summed E-state index contributed by atoms with van der Waals surface area (Å²) in [6.07, 6.45) is 0.938. The van der Waals surface area contributed by atoms with Gasteiger partial charge in [-0.05, 0) is 102 Å². The molecule has 0 amide bonds. The normalized spacial score (nSPS) is 10.9. The van der Waals surface area contributed by atoms with E-state index in [1.807, 2.05) is 177 Å². The fraction of sp³-hybridized carbons (Fsp3) is 0.500. The Morgan fingerprint density at radius 2 is 0.708 bits per heavy atom. The monoisotopic (exact) mass is 664 g/mol. The van der Waals surface area contributed by atoms with E-state index in [0.29, 0.717) is 11.5 Å². The second-order valence-electron chi connectivity index (χ2n) is 13.7. The van der Waals surface area contributed by atoms with E-state index in [-0.39, 0.29) is 17.4 Å². The van der Waals surface area contributed by atoms with Crippen molar-refractivity contribution in [3.05, 3.63) is 89.5 Å². The van der Waals surface area contributed by atoms with Gasteiger partial charge < -0.3 is 19.0 Å². The summed E-state index contributed by atoms with van der Waals surface area (Å²) < 4.78 is 16.5. The van der Waals surface area contributed by atoms with Crippen LogP contribution in [0.5, 0.6) is 17.2 Å². The minimum absolute atomic E-state index is 0.139. The molecule has 0 aliphatic carbocycles. The third-order valence-corrected chi connectivity index (χ3v) is 6.53. The molecule has 0 fully saturated rings. The fourth-order valence-corrected chi connectivity index (χ4v) is 3.66. The van der Waals surface area contributed by atoms with Gasteiger partial charge in [0.25, 0.3) is 0 Å². The number of ether oxygens (including phenoxy) is 3. The first-order chi connectivity index (χ1) is 22.3. The maximum Gasteiger partial charge on any atom is 0.316 e. The number of aldehydes is 1. The van der Waals surface area contributed by atoms with E-state index in [4.69, 9.17) is 14.2 Å². The number of rotatable bonds is 6. The van der Waals surface area contributed by atoms with Crippen LogP contribution in [0.3, 0.4) is 0 Å². The number of benzene rings is 3. The molecule has 3 aromatic rings. The van der Waals surface area contributed by atoms with E-state index in [2.05, 4.69) is 6.92 Å². The molecule has 3 aromatic carbocycles. The van der Waals surface area contributed by atoms with Crippen LogP contribution in [0.4, 0.5) is 0 Å². The Bertz CT molecular complexity index is 1260. The molecule has 0 bridgehead atoms. The van der Waals surface area contributed by atoms with E-state index in [9.17, 15) is 14.4 Å². The van der Waals surface area contributed by atoms with E-state index >= 15 is 0 Å². The van der Waals surface area contributed by atoms with Crippen molar-refractivity contribution >= 4 is 18.2 Å². The van der Waals surface area contributed by atoms with Crippen molar-refractivity contribution in [3.8, 4) is 17.2 Å². The van der Waals surface area contributed by atoms with Crippen LogP contribution >= 0.6 is 0 Å².